The fourth-order valence-electron chi connectivity index (χ4n) is 0.265. The van der Waals surface area contributed by atoms with Gasteiger partial charge in [-0.1, -0.05) is 0 Å². The summed E-state index contributed by atoms with van der Waals surface area (Å²) in [5.74, 6) is 0. The highest BCUT2D eigenvalue weighted by atomic mass is 31.2. The Balaban J connectivity index is 5.14. The first kappa shape index (κ1) is 12.3. The van der Waals surface area contributed by atoms with Gasteiger partial charge in [-0.05, 0) is 13.8 Å². The van der Waals surface area contributed by atoms with Gasteiger partial charge in [0.2, 0.25) is 0 Å². The van der Waals surface area contributed by atoms with E-state index in [1.807, 2.05) is 0 Å². The molecule has 0 aliphatic heterocycles. The third kappa shape index (κ3) is 1.95. The van der Waals surface area contributed by atoms with E-state index in [1.165, 1.54) is 0 Å². The minimum absolute atomic E-state index is 0.824. The second-order valence-corrected chi connectivity index (χ2v) is 7.52. The summed E-state index contributed by atoms with van der Waals surface area (Å²) >= 11 is 0. The first-order valence-corrected chi connectivity index (χ1v) is 5.97. The van der Waals surface area contributed by atoms with E-state index < -0.39 is 20.1 Å². The van der Waals surface area contributed by atoms with Crippen LogP contribution < -0.4 is 0 Å². The van der Waals surface area contributed by atoms with Crippen LogP contribution in [-0.4, -0.2) is 24.8 Å². The molecule has 0 saturated heterocycles. The monoisotopic (exact) mass is 220 g/mol. The molecule has 0 amide bonds. The summed E-state index contributed by atoms with van der Waals surface area (Å²) in [6.07, 6.45) is 0. The molecular formula is C3H10O7P2. The van der Waals surface area contributed by atoms with Crippen LogP contribution in [0.3, 0.4) is 0 Å². The topological polar surface area (TPSA) is 124 Å². The fraction of sp³-hybridized carbons (Fsp3) is 1.00. The third-order valence-electron chi connectivity index (χ3n) is 1.52. The van der Waals surface area contributed by atoms with Gasteiger partial charge in [-0.25, -0.2) is 5.26 Å². The standard InChI is InChI=1S/C3H10O7P2/c1-3(2,11(5,6)7)12(8,9)10-4/h4H,1-2H3,(H,8,9)(H2,5,6,7). The molecule has 0 radical (unpaired) electrons. The molecule has 0 aromatic carbocycles. The molecule has 9 heteroatoms. The summed E-state index contributed by atoms with van der Waals surface area (Å²) in [6, 6.07) is 0. The van der Waals surface area contributed by atoms with Gasteiger partial charge in [0.25, 0.3) is 0 Å². The van der Waals surface area contributed by atoms with Crippen LogP contribution in [0.15, 0.2) is 0 Å². The predicted octanol–water partition coefficient (Wildman–Crippen LogP) is 0.575. The molecule has 0 bridgehead atoms. The van der Waals surface area contributed by atoms with E-state index in [0.29, 0.717) is 0 Å². The molecule has 0 saturated carbocycles. The van der Waals surface area contributed by atoms with Crippen LogP contribution in [0.1, 0.15) is 13.8 Å². The largest absolute Gasteiger partial charge is 0.372 e. The molecule has 0 aliphatic rings. The quantitative estimate of drug-likeness (QED) is 0.311. The Hall–Kier alpha value is 0.260. The van der Waals surface area contributed by atoms with Gasteiger partial charge in [-0.3, -0.25) is 9.13 Å². The van der Waals surface area contributed by atoms with Gasteiger partial charge < -0.3 is 14.7 Å². The second-order valence-electron chi connectivity index (χ2n) is 2.64. The normalized spacial score (nSPS) is 18.8. The maximum absolute atomic E-state index is 10.8. The van der Waals surface area contributed by atoms with Crippen LogP contribution in [-0.2, 0) is 13.8 Å². The summed E-state index contributed by atoms with van der Waals surface area (Å²) in [5.41, 5.74) is 0. The smallest absolute Gasteiger partial charge is 0.324 e. The first-order chi connectivity index (χ1) is 5.06. The van der Waals surface area contributed by atoms with E-state index in [9.17, 15) is 9.13 Å². The van der Waals surface area contributed by atoms with Crippen molar-refractivity contribution in [3.05, 3.63) is 0 Å². The molecule has 0 spiro atoms. The lowest BCUT2D eigenvalue weighted by atomic mass is 10.5. The van der Waals surface area contributed by atoms with E-state index >= 15 is 0 Å². The van der Waals surface area contributed by atoms with Crippen molar-refractivity contribution in [1.29, 1.82) is 0 Å². The van der Waals surface area contributed by atoms with Crippen molar-refractivity contribution in [3.63, 3.8) is 0 Å². The zero-order chi connectivity index (χ0) is 10.2. The molecule has 0 aromatic heterocycles. The lowest BCUT2D eigenvalue weighted by Crippen LogP contribution is -2.21. The molecular weight excluding hydrogens is 210 g/mol. The molecule has 7 nitrogen and oxygen atoms in total. The second kappa shape index (κ2) is 3.20. The van der Waals surface area contributed by atoms with Crippen LogP contribution in [0.4, 0.5) is 0 Å². The Labute approximate surface area is 68.6 Å². The molecule has 1 atom stereocenters. The average Bonchev–Trinajstić information content (AvgIpc) is 1.85. The molecule has 74 valence electrons. The van der Waals surface area contributed by atoms with Crippen molar-refractivity contribution in [3.8, 4) is 0 Å². The summed E-state index contributed by atoms with van der Waals surface area (Å²) < 4.78 is 24.6. The van der Waals surface area contributed by atoms with Crippen LogP contribution >= 0.6 is 15.2 Å². The van der Waals surface area contributed by atoms with Crippen molar-refractivity contribution in [2.45, 2.75) is 18.7 Å². The minimum Gasteiger partial charge on any atom is -0.324 e. The van der Waals surface area contributed by atoms with Crippen LogP contribution in [0.2, 0.25) is 0 Å². The number of hydrogen-bond donors (Lipinski definition) is 4. The Bertz CT molecular complexity index is 251. The summed E-state index contributed by atoms with van der Waals surface area (Å²) in [7, 11) is -9.51. The maximum Gasteiger partial charge on any atom is 0.372 e. The van der Waals surface area contributed by atoms with Crippen LogP contribution in [0, 0.1) is 0 Å². The maximum atomic E-state index is 10.8. The van der Waals surface area contributed by atoms with E-state index in [0.717, 1.165) is 13.8 Å². The molecule has 12 heavy (non-hydrogen) atoms. The van der Waals surface area contributed by atoms with Gasteiger partial charge in [0.1, 0.15) is 0 Å². The van der Waals surface area contributed by atoms with Crippen molar-refractivity contribution < 1.29 is 33.7 Å². The van der Waals surface area contributed by atoms with Crippen molar-refractivity contribution in [2.24, 2.45) is 0 Å². The van der Waals surface area contributed by atoms with Crippen LogP contribution in [0.5, 0.6) is 0 Å². The Morgan fingerprint density at radius 2 is 1.50 bits per heavy atom. The number of hydrogen-bond acceptors (Lipinski definition) is 4. The average molecular weight is 220 g/mol. The van der Waals surface area contributed by atoms with Gasteiger partial charge in [0, 0.05) is 0 Å². The number of rotatable bonds is 3. The summed E-state index contributed by atoms with van der Waals surface area (Å²) in [6.45, 7) is 1.65. The highest BCUT2D eigenvalue weighted by Crippen LogP contribution is 2.70. The van der Waals surface area contributed by atoms with Gasteiger partial charge >= 0.3 is 15.2 Å². The minimum atomic E-state index is -4.80. The van der Waals surface area contributed by atoms with Crippen molar-refractivity contribution in [1.82, 2.24) is 0 Å². The van der Waals surface area contributed by atoms with Crippen molar-refractivity contribution in [2.75, 3.05) is 0 Å². The zero-order valence-corrected chi connectivity index (χ0v) is 8.20. The van der Waals surface area contributed by atoms with E-state index in [-0.39, 0.29) is 0 Å². The highest BCUT2D eigenvalue weighted by Gasteiger charge is 2.54. The molecule has 4 N–H and O–H groups in total. The molecule has 0 rings (SSSR count). The zero-order valence-electron chi connectivity index (χ0n) is 6.41. The predicted molar refractivity (Wildman–Crippen MR) is 39.7 cm³/mol. The Kier molecular flexibility index (Phi) is 3.26. The molecule has 0 heterocycles. The molecule has 1 unspecified atom stereocenters. The van der Waals surface area contributed by atoms with Gasteiger partial charge in [0.15, 0.2) is 4.90 Å². The lowest BCUT2D eigenvalue weighted by Gasteiger charge is -2.27. The molecule has 0 aliphatic carbocycles. The third-order valence-corrected chi connectivity index (χ3v) is 6.08. The fourth-order valence-corrected chi connectivity index (χ4v) is 1.89. The van der Waals surface area contributed by atoms with E-state index in [1.54, 1.807) is 0 Å². The summed E-state index contributed by atoms with van der Waals surface area (Å²) in [4.78, 5) is 23.7. The first-order valence-electron chi connectivity index (χ1n) is 2.78. The molecule has 0 aromatic rings. The Morgan fingerprint density at radius 3 is 1.58 bits per heavy atom. The summed E-state index contributed by atoms with van der Waals surface area (Å²) in [5, 5.41) is 7.94. The highest BCUT2D eigenvalue weighted by molar-refractivity contribution is 7.72. The SMILES string of the molecule is CC(C)(P(=O)(O)O)P(=O)(O)OO. The van der Waals surface area contributed by atoms with Gasteiger partial charge in [-0.2, -0.15) is 4.67 Å². The van der Waals surface area contributed by atoms with Gasteiger partial charge in [-0.15, -0.1) is 0 Å². The van der Waals surface area contributed by atoms with Crippen LogP contribution in [0.25, 0.3) is 0 Å². The Morgan fingerprint density at radius 1 is 1.17 bits per heavy atom. The van der Waals surface area contributed by atoms with E-state index in [2.05, 4.69) is 4.67 Å². The van der Waals surface area contributed by atoms with E-state index in [4.69, 9.17) is 19.9 Å². The lowest BCUT2D eigenvalue weighted by molar-refractivity contribution is -0.148. The van der Waals surface area contributed by atoms with Gasteiger partial charge in [0.05, 0.1) is 0 Å². The van der Waals surface area contributed by atoms with Crippen molar-refractivity contribution >= 4 is 15.2 Å². The molecule has 0 fully saturated rings.